The van der Waals surface area contributed by atoms with Crippen molar-refractivity contribution in [2.24, 2.45) is 0 Å². The van der Waals surface area contributed by atoms with Crippen LogP contribution in [-0.2, 0) is 4.79 Å². The van der Waals surface area contributed by atoms with Crippen LogP contribution in [-0.4, -0.2) is 39.3 Å². The summed E-state index contributed by atoms with van der Waals surface area (Å²) in [7, 11) is 0. The van der Waals surface area contributed by atoms with E-state index < -0.39 is 29.1 Å². The first-order valence-corrected chi connectivity index (χ1v) is 6.02. The molecule has 4 N–H and O–H groups in total. The monoisotopic (exact) mass is 317 g/mol. The lowest BCUT2D eigenvalue weighted by atomic mass is 10.2. The summed E-state index contributed by atoms with van der Waals surface area (Å²) in [5.41, 5.74) is -0.349. The number of nitrogens with zero attached hydrogens (tertiary/aromatic N) is 1. The third-order valence-corrected chi connectivity index (χ3v) is 2.77. The van der Waals surface area contributed by atoms with Crippen molar-refractivity contribution >= 4 is 35.0 Å². The highest BCUT2D eigenvalue weighted by molar-refractivity contribution is 6.33. The normalized spacial score (nSPS) is 13.1. The van der Waals surface area contributed by atoms with E-state index in [9.17, 15) is 24.8 Å². The van der Waals surface area contributed by atoms with Crippen LogP contribution in [0.5, 0.6) is 0 Å². The molecule has 0 aliphatic heterocycles. The number of nitro groups is 1. The summed E-state index contributed by atoms with van der Waals surface area (Å²) >= 11 is 5.78. The van der Waals surface area contributed by atoms with Crippen LogP contribution in [0.1, 0.15) is 6.92 Å². The van der Waals surface area contributed by atoms with Crippen LogP contribution < -0.4 is 10.6 Å². The van der Waals surface area contributed by atoms with E-state index in [1.54, 1.807) is 0 Å². The van der Waals surface area contributed by atoms with Gasteiger partial charge in [-0.3, -0.25) is 10.1 Å². The first kappa shape index (κ1) is 16.7. The van der Waals surface area contributed by atoms with Crippen LogP contribution >= 0.6 is 11.6 Å². The second kappa shape index (κ2) is 6.86. The highest BCUT2D eigenvalue weighted by atomic mass is 35.5. The van der Waals surface area contributed by atoms with Crippen molar-refractivity contribution in [3.63, 3.8) is 0 Å². The minimum atomic E-state index is -1.53. The summed E-state index contributed by atoms with van der Waals surface area (Å²) in [6.07, 6.45) is -1.33. The Labute approximate surface area is 123 Å². The fraction of sp³-hybridized carbons (Fsp3) is 0.273. The van der Waals surface area contributed by atoms with Gasteiger partial charge in [0.25, 0.3) is 5.69 Å². The third kappa shape index (κ3) is 4.58. The molecule has 21 heavy (non-hydrogen) atoms. The average molecular weight is 318 g/mol. The average Bonchev–Trinajstić information content (AvgIpc) is 2.37. The molecule has 0 spiro atoms. The van der Waals surface area contributed by atoms with Crippen LogP contribution in [0.4, 0.5) is 16.2 Å². The number of hydrogen-bond donors (Lipinski definition) is 4. The Hall–Kier alpha value is -2.39. The van der Waals surface area contributed by atoms with Gasteiger partial charge in [-0.05, 0) is 13.0 Å². The number of aliphatic hydroxyl groups is 1. The van der Waals surface area contributed by atoms with Crippen molar-refractivity contribution in [1.82, 2.24) is 5.32 Å². The molecular formula is C11H12ClN3O6. The summed E-state index contributed by atoms with van der Waals surface area (Å²) in [5.74, 6) is -1.43. The number of halogens is 1. The topological polar surface area (TPSA) is 142 Å². The minimum absolute atomic E-state index is 0.0414. The van der Waals surface area contributed by atoms with E-state index in [1.807, 2.05) is 5.32 Å². The van der Waals surface area contributed by atoms with Gasteiger partial charge in [0.2, 0.25) is 0 Å². The number of anilines is 1. The maximum atomic E-state index is 11.6. The molecule has 0 radical (unpaired) electrons. The Morgan fingerprint density at radius 3 is 2.52 bits per heavy atom. The molecule has 1 rings (SSSR count). The molecule has 0 fully saturated rings. The number of aliphatic carboxylic acids is 1. The standard InChI is InChI=1S/C11H12ClN3O6/c1-5(16)9(10(17)18)14-11(19)13-8-4-6(15(20)21)2-3-7(8)12/h2-5,9,16H,1H3,(H,17,18)(H2,13,14,19)/t5-,9+/m1/s1. The number of carbonyl (C=O) groups excluding carboxylic acids is 1. The maximum absolute atomic E-state index is 11.6. The summed E-state index contributed by atoms with van der Waals surface area (Å²) in [5, 5.41) is 32.9. The fourth-order valence-corrected chi connectivity index (χ4v) is 1.58. The number of urea groups is 1. The van der Waals surface area contributed by atoms with Gasteiger partial charge in [-0.25, -0.2) is 9.59 Å². The Morgan fingerprint density at radius 1 is 1.43 bits per heavy atom. The number of aliphatic hydroxyl groups excluding tert-OH is 1. The van der Waals surface area contributed by atoms with Gasteiger partial charge in [-0.2, -0.15) is 0 Å². The van der Waals surface area contributed by atoms with Crippen LogP contribution in [0.25, 0.3) is 0 Å². The number of benzene rings is 1. The first-order valence-electron chi connectivity index (χ1n) is 5.64. The molecule has 10 heteroatoms. The number of carboxylic acids is 1. The molecule has 114 valence electrons. The summed E-state index contributed by atoms with van der Waals surface area (Å²) in [4.78, 5) is 32.4. The van der Waals surface area contributed by atoms with Gasteiger partial charge in [0.15, 0.2) is 6.04 Å². The summed E-state index contributed by atoms with van der Waals surface area (Å²) in [6.45, 7) is 1.19. The SMILES string of the molecule is C[C@@H](O)[C@H](NC(=O)Nc1cc([N+](=O)[O-])ccc1Cl)C(=O)O. The number of carbonyl (C=O) groups is 2. The number of nitrogens with one attached hydrogen (secondary N) is 2. The van der Waals surface area contributed by atoms with E-state index in [4.69, 9.17) is 16.7 Å². The number of non-ortho nitro benzene ring substituents is 1. The van der Waals surface area contributed by atoms with E-state index in [-0.39, 0.29) is 16.4 Å². The molecule has 0 aromatic heterocycles. The van der Waals surface area contributed by atoms with E-state index in [0.29, 0.717) is 0 Å². The Morgan fingerprint density at radius 2 is 2.05 bits per heavy atom. The summed E-state index contributed by atoms with van der Waals surface area (Å²) in [6, 6.07) is 0.910. The zero-order valence-corrected chi connectivity index (χ0v) is 11.5. The molecule has 2 atom stereocenters. The molecule has 0 aliphatic carbocycles. The van der Waals surface area contributed by atoms with Crippen LogP contribution in [0, 0.1) is 10.1 Å². The molecule has 0 saturated carbocycles. The lowest BCUT2D eigenvalue weighted by Crippen LogP contribution is -2.49. The van der Waals surface area contributed by atoms with E-state index in [1.165, 1.54) is 13.0 Å². The largest absolute Gasteiger partial charge is 0.480 e. The zero-order chi connectivity index (χ0) is 16.2. The number of hydrogen-bond acceptors (Lipinski definition) is 5. The Balaban J connectivity index is 2.85. The Bertz CT molecular complexity index is 577. The van der Waals surface area contributed by atoms with Gasteiger partial charge >= 0.3 is 12.0 Å². The molecule has 9 nitrogen and oxygen atoms in total. The van der Waals surface area contributed by atoms with Crippen molar-refractivity contribution in [2.45, 2.75) is 19.1 Å². The van der Waals surface area contributed by atoms with Gasteiger partial charge < -0.3 is 20.8 Å². The minimum Gasteiger partial charge on any atom is -0.480 e. The van der Waals surface area contributed by atoms with E-state index in [2.05, 4.69) is 5.32 Å². The molecule has 0 unspecified atom stereocenters. The van der Waals surface area contributed by atoms with Crippen molar-refractivity contribution in [3.05, 3.63) is 33.3 Å². The quantitative estimate of drug-likeness (QED) is 0.475. The van der Waals surface area contributed by atoms with Crippen molar-refractivity contribution in [1.29, 1.82) is 0 Å². The molecule has 0 aliphatic rings. The van der Waals surface area contributed by atoms with E-state index in [0.717, 1.165) is 12.1 Å². The molecular weight excluding hydrogens is 306 g/mol. The van der Waals surface area contributed by atoms with Crippen molar-refractivity contribution in [2.75, 3.05) is 5.32 Å². The molecule has 2 amide bonds. The smallest absolute Gasteiger partial charge is 0.328 e. The van der Waals surface area contributed by atoms with E-state index >= 15 is 0 Å². The van der Waals surface area contributed by atoms with Crippen molar-refractivity contribution in [3.8, 4) is 0 Å². The molecule has 0 heterocycles. The van der Waals surface area contributed by atoms with Crippen LogP contribution in [0.2, 0.25) is 5.02 Å². The maximum Gasteiger partial charge on any atom is 0.328 e. The fourth-order valence-electron chi connectivity index (χ4n) is 1.41. The van der Waals surface area contributed by atoms with Gasteiger partial charge in [0.05, 0.1) is 21.7 Å². The first-order chi connectivity index (χ1) is 9.72. The second-order valence-electron chi connectivity index (χ2n) is 4.08. The number of nitro benzene ring substituents is 1. The predicted octanol–water partition coefficient (Wildman–Crippen LogP) is 1.20. The highest BCUT2D eigenvalue weighted by Gasteiger charge is 2.25. The van der Waals surface area contributed by atoms with Gasteiger partial charge in [-0.1, -0.05) is 11.6 Å². The zero-order valence-electron chi connectivity index (χ0n) is 10.7. The molecule has 0 saturated heterocycles. The van der Waals surface area contributed by atoms with Crippen molar-refractivity contribution < 1.29 is 24.7 Å². The van der Waals surface area contributed by atoms with Gasteiger partial charge in [0, 0.05) is 12.1 Å². The van der Waals surface area contributed by atoms with Gasteiger partial charge in [0.1, 0.15) is 0 Å². The van der Waals surface area contributed by atoms with Crippen LogP contribution in [0.15, 0.2) is 18.2 Å². The number of carboxylic acid groups (broad SMARTS) is 1. The lowest BCUT2D eigenvalue weighted by molar-refractivity contribution is -0.384. The number of amides is 2. The third-order valence-electron chi connectivity index (χ3n) is 2.44. The lowest BCUT2D eigenvalue weighted by Gasteiger charge is -2.17. The van der Waals surface area contributed by atoms with Gasteiger partial charge in [-0.15, -0.1) is 0 Å². The Kier molecular flexibility index (Phi) is 5.44. The molecule has 1 aromatic rings. The molecule has 1 aromatic carbocycles. The summed E-state index contributed by atoms with van der Waals surface area (Å²) < 4.78 is 0. The van der Waals surface area contributed by atoms with Crippen LogP contribution in [0.3, 0.4) is 0 Å². The highest BCUT2D eigenvalue weighted by Crippen LogP contribution is 2.26. The second-order valence-corrected chi connectivity index (χ2v) is 4.48. The molecule has 0 bridgehead atoms. The number of rotatable bonds is 5. The predicted molar refractivity (Wildman–Crippen MR) is 73.4 cm³/mol.